The number of aromatic nitrogens is 2. The van der Waals surface area contributed by atoms with Crippen molar-refractivity contribution in [1.29, 1.82) is 0 Å². The molecule has 0 radical (unpaired) electrons. The smallest absolute Gasteiger partial charge is 0.349 e. The molecule has 1 aromatic carbocycles. The lowest BCUT2D eigenvalue weighted by Crippen LogP contribution is -2.47. The highest BCUT2D eigenvalue weighted by atomic mass is 35.5. The van der Waals surface area contributed by atoms with Gasteiger partial charge in [0.2, 0.25) is 10.0 Å². The second-order valence-corrected chi connectivity index (χ2v) is 9.78. The molecule has 0 atom stereocenters. The number of alkyl halides is 3. The zero-order valence-corrected chi connectivity index (χ0v) is 18.3. The molecule has 2 heterocycles. The van der Waals surface area contributed by atoms with Crippen LogP contribution >= 0.6 is 11.6 Å². The molecular weight excluding hydrogens is 457 g/mol. The molecule has 170 valence electrons. The Morgan fingerprint density at radius 1 is 1.23 bits per heavy atom. The van der Waals surface area contributed by atoms with Gasteiger partial charge >= 0.3 is 6.18 Å². The van der Waals surface area contributed by atoms with E-state index >= 15 is 0 Å². The van der Waals surface area contributed by atoms with Crippen molar-refractivity contribution in [2.75, 3.05) is 18.8 Å². The molecule has 7 nitrogen and oxygen atoms in total. The van der Waals surface area contributed by atoms with Gasteiger partial charge in [0.25, 0.3) is 5.91 Å². The topological polar surface area (TPSA) is 84.3 Å². The quantitative estimate of drug-likeness (QED) is 0.689. The fraction of sp³-hybridized carbons (Fsp3) is 0.474. The number of amides is 1. The van der Waals surface area contributed by atoms with Crippen molar-refractivity contribution in [2.45, 2.75) is 38.4 Å². The number of sulfonamides is 1. The summed E-state index contributed by atoms with van der Waals surface area (Å²) in [6.45, 7) is 2.19. The summed E-state index contributed by atoms with van der Waals surface area (Å²) < 4.78 is 67.6. The summed E-state index contributed by atoms with van der Waals surface area (Å²) in [6.07, 6.45) is -2.80. The number of rotatable bonds is 6. The van der Waals surface area contributed by atoms with Crippen molar-refractivity contribution in [2.24, 2.45) is 0 Å². The molecule has 0 unspecified atom stereocenters. The van der Waals surface area contributed by atoms with Crippen LogP contribution in [0, 0.1) is 0 Å². The van der Waals surface area contributed by atoms with Gasteiger partial charge in [-0.1, -0.05) is 18.5 Å². The molecule has 1 fully saturated rings. The van der Waals surface area contributed by atoms with Crippen molar-refractivity contribution in [3.05, 3.63) is 46.7 Å². The molecule has 0 spiro atoms. The standard InChI is InChI=1S/C19H22ClF3N4O3S/c1-2-11-31(29,30)26-9-7-14(8-10-26)25-18(28)16-12-24-27(17(16)19(21,22)23)15-5-3-13(20)4-6-15/h3-6,12,14H,2,7-11H2,1H3,(H,25,28). The molecule has 1 N–H and O–H groups in total. The molecule has 1 saturated heterocycles. The Balaban J connectivity index is 1.76. The first-order valence-electron chi connectivity index (χ1n) is 9.72. The number of halogens is 4. The van der Waals surface area contributed by atoms with Gasteiger partial charge in [-0.25, -0.2) is 17.4 Å². The molecule has 1 aromatic heterocycles. The van der Waals surface area contributed by atoms with Crippen molar-refractivity contribution >= 4 is 27.5 Å². The van der Waals surface area contributed by atoms with E-state index in [-0.39, 0.29) is 24.5 Å². The van der Waals surface area contributed by atoms with E-state index in [9.17, 15) is 26.4 Å². The van der Waals surface area contributed by atoms with E-state index in [1.807, 2.05) is 0 Å². The van der Waals surface area contributed by atoms with E-state index in [0.717, 1.165) is 6.20 Å². The van der Waals surface area contributed by atoms with E-state index in [4.69, 9.17) is 11.6 Å². The number of nitrogens with zero attached hydrogens (tertiary/aromatic N) is 3. The Labute approximate surface area is 183 Å². The van der Waals surface area contributed by atoms with Crippen LogP contribution in [0.2, 0.25) is 5.02 Å². The molecule has 1 aliphatic rings. The number of carbonyl (C=O) groups excluding carboxylic acids is 1. The summed E-state index contributed by atoms with van der Waals surface area (Å²) in [5, 5.41) is 6.71. The maximum absolute atomic E-state index is 13.8. The van der Waals surface area contributed by atoms with E-state index in [0.29, 0.717) is 29.0 Å². The van der Waals surface area contributed by atoms with Gasteiger partial charge in [-0.15, -0.1) is 0 Å². The van der Waals surface area contributed by atoms with E-state index in [2.05, 4.69) is 10.4 Å². The summed E-state index contributed by atoms with van der Waals surface area (Å²) in [4.78, 5) is 12.6. The molecule has 0 aliphatic carbocycles. The highest BCUT2D eigenvalue weighted by molar-refractivity contribution is 7.89. The third-order valence-electron chi connectivity index (χ3n) is 5.00. The second kappa shape index (κ2) is 9.17. The molecule has 31 heavy (non-hydrogen) atoms. The van der Waals surface area contributed by atoms with Gasteiger partial charge in [0.05, 0.1) is 23.2 Å². The fourth-order valence-electron chi connectivity index (χ4n) is 3.49. The van der Waals surface area contributed by atoms with Crippen LogP contribution in [0.25, 0.3) is 5.69 Å². The molecule has 12 heteroatoms. The highest BCUT2D eigenvalue weighted by Crippen LogP contribution is 2.34. The summed E-state index contributed by atoms with van der Waals surface area (Å²) in [5.74, 6) is -0.856. The largest absolute Gasteiger partial charge is 0.434 e. The van der Waals surface area contributed by atoms with Crippen LogP contribution in [0.15, 0.2) is 30.5 Å². The molecule has 0 bridgehead atoms. The molecule has 0 saturated carbocycles. The first kappa shape index (κ1) is 23.6. The first-order chi connectivity index (χ1) is 14.5. The summed E-state index contributed by atoms with van der Waals surface area (Å²) in [6, 6.07) is 5.18. The summed E-state index contributed by atoms with van der Waals surface area (Å²) in [7, 11) is -3.34. The number of carbonyl (C=O) groups is 1. The number of nitrogens with one attached hydrogen (secondary N) is 1. The summed E-state index contributed by atoms with van der Waals surface area (Å²) in [5.41, 5.74) is -1.66. The van der Waals surface area contributed by atoms with Crippen molar-refractivity contribution in [3.63, 3.8) is 0 Å². The molecule has 2 aromatic rings. The minimum atomic E-state index is -4.82. The predicted molar refractivity (Wildman–Crippen MR) is 110 cm³/mol. The average molecular weight is 479 g/mol. The predicted octanol–water partition coefficient (Wildman–Crippen LogP) is 3.48. The minimum Gasteiger partial charge on any atom is -0.349 e. The summed E-state index contributed by atoms with van der Waals surface area (Å²) >= 11 is 5.79. The molecule has 1 amide bonds. The monoisotopic (exact) mass is 478 g/mol. The van der Waals surface area contributed by atoms with Gasteiger partial charge in [-0.05, 0) is 43.5 Å². The van der Waals surface area contributed by atoms with E-state index in [1.54, 1.807) is 6.92 Å². The Kier molecular flexibility index (Phi) is 6.97. The maximum Gasteiger partial charge on any atom is 0.434 e. The van der Waals surface area contributed by atoms with Crippen LogP contribution in [0.4, 0.5) is 13.2 Å². The fourth-order valence-corrected chi connectivity index (χ4v) is 5.16. The maximum atomic E-state index is 13.8. The lowest BCUT2D eigenvalue weighted by atomic mass is 10.1. The van der Waals surface area contributed by atoms with Crippen molar-refractivity contribution in [1.82, 2.24) is 19.4 Å². The molecule has 3 rings (SSSR count). The Bertz CT molecular complexity index is 1030. The highest BCUT2D eigenvalue weighted by Gasteiger charge is 2.41. The van der Waals surface area contributed by atoms with Gasteiger partial charge in [0.15, 0.2) is 5.69 Å². The minimum absolute atomic E-state index is 0.0445. The van der Waals surface area contributed by atoms with Crippen LogP contribution in [0.5, 0.6) is 0 Å². The van der Waals surface area contributed by atoms with E-state index in [1.165, 1.54) is 28.6 Å². The normalized spacial score (nSPS) is 16.4. The van der Waals surface area contributed by atoms with Crippen LogP contribution in [0.3, 0.4) is 0 Å². The average Bonchev–Trinajstić information content (AvgIpc) is 3.15. The van der Waals surface area contributed by atoms with Crippen LogP contribution in [-0.4, -0.2) is 53.3 Å². The Morgan fingerprint density at radius 2 is 1.84 bits per heavy atom. The molecular formula is C19H22ClF3N4O3S. The number of hydrogen-bond donors (Lipinski definition) is 1. The number of piperidine rings is 1. The second-order valence-electron chi connectivity index (χ2n) is 7.26. The van der Waals surface area contributed by atoms with Gasteiger partial charge < -0.3 is 5.32 Å². The van der Waals surface area contributed by atoms with Gasteiger partial charge in [-0.2, -0.15) is 18.3 Å². The van der Waals surface area contributed by atoms with Gasteiger partial charge in [0, 0.05) is 24.2 Å². The zero-order chi connectivity index (χ0) is 22.8. The Morgan fingerprint density at radius 3 is 2.39 bits per heavy atom. The third-order valence-corrected chi connectivity index (χ3v) is 7.33. The number of hydrogen-bond acceptors (Lipinski definition) is 4. The van der Waals surface area contributed by atoms with Crippen LogP contribution in [-0.2, 0) is 16.2 Å². The lowest BCUT2D eigenvalue weighted by Gasteiger charge is -2.31. The van der Waals surface area contributed by atoms with Gasteiger partial charge in [0.1, 0.15) is 0 Å². The first-order valence-corrected chi connectivity index (χ1v) is 11.7. The lowest BCUT2D eigenvalue weighted by molar-refractivity contribution is -0.143. The van der Waals surface area contributed by atoms with Crippen molar-refractivity contribution < 1.29 is 26.4 Å². The van der Waals surface area contributed by atoms with Crippen molar-refractivity contribution in [3.8, 4) is 5.69 Å². The number of benzene rings is 1. The third kappa shape index (κ3) is 5.39. The van der Waals surface area contributed by atoms with Crippen LogP contribution < -0.4 is 5.32 Å². The van der Waals surface area contributed by atoms with E-state index < -0.39 is 39.4 Å². The SMILES string of the molecule is CCCS(=O)(=O)N1CCC(NC(=O)c2cnn(-c3ccc(Cl)cc3)c2C(F)(F)F)CC1. The Hall–Kier alpha value is -2.11. The van der Waals surface area contributed by atoms with Crippen LogP contribution in [0.1, 0.15) is 42.2 Å². The molecule has 1 aliphatic heterocycles. The van der Waals surface area contributed by atoms with Gasteiger partial charge in [-0.3, -0.25) is 4.79 Å². The zero-order valence-electron chi connectivity index (χ0n) is 16.7.